The summed E-state index contributed by atoms with van der Waals surface area (Å²) in [5.41, 5.74) is 13.9. The number of benzene rings is 8. The van der Waals surface area contributed by atoms with Crippen molar-refractivity contribution in [2.75, 3.05) is 4.90 Å². The molecule has 0 fully saturated rings. The number of hydrogen-bond acceptors (Lipinski definition) is 1. The monoisotopic (exact) mass is 633 g/mol. The first-order valence-corrected chi connectivity index (χ1v) is 17.4. The van der Waals surface area contributed by atoms with Crippen LogP contribution >= 0.6 is 0 Å². The fourth-order valence-corrected chi connectivity index (χ4v) is 9.22. The summed E-state index contributed by atoms with van der Waals surface area (Å²) in [6.45, 7) is -0.0165. The minimum Gasteiger partial charge on any atom is -0.375 e. The molecule has 10 aromatic rings. The van der Waals surface area contributed by atoms with Crippen LogP contribution in [0.4, 0.5) is 17.1 Å². The second-order valence-corrected chi connectivity index (χ2v) is 13.7. The molecule has 0 unspecified atom stereocenters. The Morgan fingerprint density at radius 1 is 0.420 bits per heavy atom. The second kappa shape index (κ2) is 9.55. The average Bonchev–Trinajstić information content (AvgIpc) is 3.76. The van der Waals surface area contributed by atoms with E-state index in [1.54, 1.807) is 0 Å². The first kappa shape index (κ1) is 26.4. The van der Waals surface area contributed by atoms with E-state index in [-0.39, 0.29) is 6.85 Å². The van der Waals surface area contributed by atoms with Crippen molar-refractivity contribution in [3.8, 4) is 16.8 Å². The fraction of sp³-hybridized carbons (Fsp3) is 0. The fourth-order valence-electron chi connectivity index (χ4n) is 9.22. The van der Waals surface area contributed by atoms with Crippen molar-refractivity contribution < 1.29 is 0 Å². The van der Waals surface area contributed by atoms with Crippen LogP contribution in [-0.2, 0) is 0 Å². The van der Waals surface area contributed by atoms with Gasteiger partial charge in [0.2, 0.25) is 0 Å². The summed E-state index contributed by atoms with van der Waals surface area (Å²) in [7, 11) is 0. The highest BCUT2D eigenvalue weighted by Gasteiger charge is 2.44. The molecule has 230 valence electrons. The van der Waals surface area contributed by atoms with Crippen molar-refractivity contribution in [2.24, 2.45) is 0 Å². The minimum atomic E-state index is -0.0165. The van der Waals surface area contributed by atoms with E-state index >= 15 is 0 Å². The van der Waals surface area contributed by atoms with E-state index in [4.69, 9.17) is 0 Å². The predicted octanol–water partition coefficient (Wildman–Crippen LogP) is 10.5. The maximum atomic E-state index is 2.65. The van der Waals surface area contributed by atoms with Gasteiger partial charge in [0.1, 0.15) is 0 Å². The molecule has 0 saturated heterocycles. The molecule has 2 aromatic heterocycles. The molecule has 4 heteroatoms. The van der Waals surface area contributed by atoms with E-state index in [0.717, 1.165) is 11.4 Å². The van der Waals surface area contributed by atoms with Crippen LogP contribution in [0.5, 0.6) is 0 Å². The normalized spacial score (nSPS) is 13.1. The van der Waals surface area contributed by atoms with Crippen LogP contribution < -0.4 is 15.8 Å². The lowest BCUT2D eigenvalue weighted by Gasteiger charge is -2.41. The quantitative estimate of drug-likeness (QED) is 0.173. The summed E-state index contributed by atoms with van der Waals surface area (Å²) in [5, 5.41) is 8.82. The number of fused-ring (bicyclic) bond motifs is 12. The maximum Gasteiger partial charge on any atom is 0.333 e. The highest BCUT2D eigenvalue weighted by atomic mass is 15.2. The third-order valence-corrected chi connectivity index (χ3v) is 11.2. The lowest BCUT2D eigenvalue weighted by atomic mass is 9.44. The zero-order valence-corrected chi connectivity index (χ0v) is 27.1. The molecule has 0 aliphatic carbocycles. The van der Waals surface area contributed by atoms with E-state index in [0.29, 0.717) is 0 Å². The van der Waals surface area contributed by atoms with Crippen molar-refractivity contribution >= 4 is 89.1 Å². The lowest BCUT2D eigenvalue weighted by Crippen LogP contribution is -2.56. The number of para-hydroxylation sites is 3. The molecule has 12 rings (SSSR count). The lowest BCUT2D eigenvalue weighted by molar-refractivity contribution is 1.12. The molecule has 0 radical (unpaired) electrons. The van der Waals surface area contributed by atoms with Crippen molar-refractivity contribution in [1.82, 2.24) is 9.05 Å². The summed E-state index contributed by atoms with van der Waals surface area (Å²) >= 11 is 0. The Kier molecular flexibility index (Phi) is 5.05. The second-order valence-electron chi connectivity index (χ2n) is 13.7. The van der Waals surface area contributed by atoms with Crippen LogP contribution in [0.15, 0.2) is 170 Å². The van der Waals surface area contributed by atoms with Gasteiger partial charge in [-0.2, -0.15) is 0 Å². The minimum absolute atomic E-state index is 0.0165. The molecular formula is C46H28BN3. The number of aromatic nitrogens is 2. The van der Waals surface area contributed by atoms with Gasteiger partial charge in [-0.3, -0.25) is 0 Å². The van der Waals surface area contributed by atoms with Crippen LogP contribution in [0.1, 0.15) is 0 Å². The van der Waals surface area contributed by atoms with Gasteiger partial charge in [0.25, 0.3) is 0 Å². The van der Waals surface area contributed by atoms with Gasteiger partial charge in [0.05, 0.1) is 16.9 Å². The standard InChI is InChI=1S/C46H28BN3/c1-2-14-33(15-3-1)48-26-25-32-28-39-38-19-10-18-37-36-17-8-9-20-41(36)50(44(37)38)47-40-24-22-30-12-6-7-16-35(30)45(40)49(46(42(39)47)43(32)48)34-23-21-29-11-4-5-13-31(29)27-34/h1-28H. The Balaban J connectivity index is 1.33. The molecule has 0 bridgehead atoms. The smallest absolute Gasteiger partial charge is 0.333 e. The molecule has 8 aromatic carbocycles. The van der Waals surface area contributed by atoms with Crippen LogP contribution in [0, 0.1) is 0 Å². The molecule has 2 aliphatic heterocycles. The third-order valence-electron chi connectivity index (χ3n) is 11.2. The van der Waals surface area contributed by atoms with Gasteiger partial charge in [-0.25, -0.2) is 0 Å². The highest BCUT2D eigenvalue weighted by molar-refractivity contribution is 6.90. The third kappa shape index (κ3) is 3.30. The van der Waals surface area contributed by atoms with Gasteiger partial charge in [0.15, 0.2) is 0 Å². The van der Waals surface area contributed by atoms with E-state index in [1.165, 1.54) is 87.7 Å². The molecular weight excluding hydrogens is 605 g/mol. The summed E-state index contributed by atoms with van der Waals surface area (Å²) in [5.74, 6) is 0. The predicted molar refractivity (Wildman–Crippen MR) is 212 cm³/mol. The zero-order chi connectivity index (χ0) is 32.5. The van der Waals surface area contributed by atoms with Gasteiger partial charge in [-0.05, 0) is 75.1 Å². The van der Waals surface area contributed by atoms with Crippen LogP contribution in [0.2, 0.25) is 0 Å². The Bertz CT molecular complexity index is 3060. The van der Waals surface area contributed by atoms with E-state index < -0.39 is 0 Å². The van der Waals surface area contributed by atoms with Crippen molar-refractivity contribution in [2.45, 2.75) is 0 Å². The first-order chi connectivity index (χ1) is 24.8. The van der Waals surface area contributed by atoms with Gasteiger partial charge < -0.3 is 13.9 Å². The number of rotatable bonds is 2. The Morgan fingerprint density at radius 2 is 1.16 bits per heavy atom. The molecule has 0 spiro atoms. The van der Waals surface area contributed by atoms with Crippen molar-refractivity contribution in [1.29, 1.82) is 0 Å². The van der Waals surface area contributed by atoms with Gasteiger partial charge in [-0.15, -0.1) is 0 Å². The molecule has 2 aliphatic rings. The van der Waals surface area contributed by atoms with Gasteiger partial charge in [0, 0.05) is 55.7 Å². The molecule has 0 amide bonds. The highest BCUT2D eigenvalue weighted by Crippen LogP contribution is 2.49. The topological polar surface area (TPSA) is 13.1 Å². The van der Waals surface area contributed by atoms with Gasteiger partial charge >= 0.3 is 6.85 Å². The number of anilines is 3. The van der Waals surface area contributed by atoms with Crippen molar-refractivity contribution in [3.63, 3.8) is 0 Å². The molecule has 3 nitrogen and oxygen atoms in total. The van der Waals surface area contributed by atoms with E-state index in [1.807, 2.05) is 0 Å². The van der Waals surface area contributed by atoms with Crippen LogP contribution in [0.25, 0.3) is 71.1 Å². The summed E-state index contributed by atoms with van der Waals surface area (Å²) in [6.07, 6.45) is 2.25. The summed E-state index contributed by atoms with van der Waals surface area (Å²) < 4.78 is 5.05. The molecule has 0 atom stereocenters. The van der Waals surface area contributed by atoms with E-state index in [9.17, 15) is 0 Å². The Hall–Kier alpha value is -6.52. The SMILES string of the molecule is c1ccc(-n2ccc3cc4c5c(c32)N(c2ccc3ccccc3c2)c2c(ccc3ccccc23)B5n2c3ccccc3c3cccc-4c32)cc1. The van der Waals surface area contributed by atoms with E-state index in [2.05, 4.69) is 184 Å². The maximum absolute atomic E-state index is 2.65. The Morgan fingerprint density at radius 3 is 2.06 bits per heavy atom. The number of hydrogen-bond donors (Lipinski definition) is 0. The number of nitrogens with zero attached hydrogens (tertiary/aromatic N) is 3. The van der Waals surface area contributed by atoms with Crippen LogP contribution in [0.3, 0.4) is 0 Å². The molecule has 0 saturated carbocycles. The largest absolute Gasteiger partial charge is 0.375 e. The van der Waals surface area contributed by atoms with Crippen LogP contribution in [-0.4, -0.2) is 15.9 Å². The molecule has 0 N–H and O–H groups in total. The molecule has 50 heavy (non-hydrogen) atoms. The van der Waals surface area contributed by atoms with Crippen molar-refractivity contribution in [3.05, 3.63) is 170 Å². The zero-order valence-electron chi connectivity index (χ0n) is 27.1. The summed E-state index contributed by atoms with van der Waals surface area (Å²) in [4.78, 5) is 2.60. The summed E-state index contributed by atoms with van der Waals surface area (Å²) in [6, 6.07) is 60.7. The first-order valence-electron chi connectivity index (χ1n) is 17.4. The van der Waals surface area contributed by atoms with Gasteiger partial charge in [-0.1, -0.05) is 121 Å². The Labute approximate surface area is 288 Å². The molecule has 4 heterocycles. The average molecular weight is 634 g/mol.